The molecule has 67 valence electrons. The van der Waals surface area contributed by atoms with Gasteiger partial charge in [-0.3, -0.25) is 0 Å². The third-order valence-electron chi connectivity index (χ3n) is 2.28. The highest BCUT2D eigenvalue weighted by atomic mass is 28.1. The standard InChI is InChI=1S/C12H5N2Si/c13-6-9-5-8-3-1-2-4-10(8)12(15)11(9)7-14/h1-5H. The van der Waals surface area contributed by atoms with E-state index in [1.54, 1.807) is 6.07 Å². The topological polar surface area (TPSA) is 47.6 Å². The first-order valence-electron chi connectivity index (χ1n) is 4.35. The van der Waals surface area contributed by atoms with E-state index in [0.29, 0.717) is 16.3 Å². The molecule has 0 fully saturated rings. The number of fused-ring (bicyclic) bond motifs is 1. The Hall–Kier alpha value is -2.10. The summed E-state index contributed by atoms with van der Waals surface area (Å²) in [4.78, 5) is 0. The van der Waals surface area contributed by atoms with Crippen LogP contribution in [-0.4, -0.2) is 10.2 Å². The van der Waals surface area contributed by atoms with Crippen molar-refractivity contribution in [2.75, 3.05) is 0 Å². The summed E-state index contributed by atoms with van der Waals surface area (Å²) in [5, 5.41) is 20.5. The van der Waals surface area contributed by atoms with Crippen LogP contribution in [0.1, 0.15) is 11.1 Å². The summed E-state index contributed by atoms with van der Waals surface area (Å²) < 4.78 is 0. The highest BCUT2D eigenvalue weighted by molar-refractivity contribution is 6.40. The van der Waals surface area contributed by atoms with Crippen LogP contribution >= 0.6 is 0 Å². The minimum Gasteiger partial charge on any atom is -0.192 e. The zero-order valence-corrected chi connectivity index (χ0v) is 8.78. The van der Waals surface area contributed by atoms with Crippen molar-refractivity contribution in [1.82, 2.24) is 0 Å². The molecule has 0 heterocycles. The predicted octanol–water partition coefficient (Wildman–Crippen LogP) is 1.38. The van der Waals surface area contributed by atoms with E-state index < -0.39 is 0 Å². The first-order chi connectivity index (χ1) is 7.27. The highest BCUT2D eigenvalue weighted by Gasteiger charge is 2.08. The normalized spacial score (nSPS) is 9.53. The van der Waals surface area contributed by atoms with Gasteiger partial charge in [-0.25, -0.2) is 0 Å². The molecule has 0 unspecified atom stereocenters. The van der Waals surface area contributed by atoms with Gasteiger partial charge in [-0.2, -0.15) is 10.5 Å². The van der Waals surface area contributed by atoms with E-state index in [9.17, 15) is 0 Å². The van der Waals surface area contributed by atoms with Crippen LogP contribution in [0.15, 0.2) is 30.3 Å². The second-order valence-electron chi connectivity index (χ2n) is 3.12. The lowest BCUT2D eigenvalue weighted by Crippen LogP contribution is -2.11. The third kappa shape index (κ3) is 1.40. The molecule has 2 rings (SSSR count). The van der Waals surface area contributed by atoms with E-state index in [2.05, 4.69) is 10.2 Å². The number of benzene rings is 2. The summed E-state index contributed by atoms with van der Waals surface area (Å²) in [5.41, 5.74) is 0.800. The van der Waals surface area contributed by atoms with Crippen LogP contribution in [0.4, 0.5) is 0 Å². The maximum Gasteiger partial charge on any atom is 0.101 e. The highest BCUT2D eigenvalue weighted by Crippen LogP contribution is 2.16. The van der Waals surface area contributed by atoms with Crippen LogP contribution in [0.5, 0.6) is 0 Å². The molecule has 0 spiro atoms. The minimum absolute atomic E-state index is 0.396. The van der Waals surface area contributed by atoms with Crippen LogP contribution in [0.2, 0.25) is 0 Å². The van der Waals surface area contributed by atoms with Crippen molar-refractivity contribution in [2.24, 2.45) is 0 Å². The van der Waals surface area contributed by atoms with Gasteiger partial charge in [0, 0.05) is 0 Å². The zero-order chi connectivity index (χ0) is 10.8. The fourth-order valence-electron chi connectivity index (χ4n) is 1.55. The van der Waals surface area contributed by atoms with Gasteiger partial charge >= 0.3 is 0 Å². The molecule has 0 amide bonds. The van der Waals surface area contributed by atoms with E-state index >= 15 is 0 Å². The van der Waals surface area contributed by atoms with Crippen LogP contribution in [0.25, 0.3) is 10.8 Å². The van der Waals surface area contributed by atoms with Gasteiger partial charge in [-0.15, -0.1) is 0 Å². The summed E-state index contributed by atoms with van der Waals surface area (Å²) in [7, 11) is 3.41. The first kappa shape index (κ1) is 9.45. The quantitative estimate of drug-likeness (QED) is 0.610. The molecule has 2 nitrogen and oxygen atoms in total. The molecular formula is C12H5N2Si. The molecule has 15 heavy (non-hydrogen) atoms. The summed E-state index contributed by atoms with van der Waals surface area (Å²) >= 11 is 0. The monoisotopic (exact) mass is 205 g/mol. The van der Waals surface area contributed by atoms with Crippen molar-refractivity contribution in [2.45, 2.75) is 0 Å². The Labute approximate surface area is 90.8 Å². The largest absolute Gasteiger partial charge is 0.192 e. The van der Waals surface area contributed by atoms with E-state index in [1.165, 1.54) is 0 Å². The lowest BCUT2D eigenvalue weighted by molar-refractivity contribution is 1.46. The number of nitrogens with zero attached hydrogens (tertiary/aromatic N) is 2. The van der Waals surface area contributed by atoms with Crippen molar-refractivity contribution in [1.29, 1.82) is 10.5 Å². The summed E-state index contributed by atoms with van der Waals surface area (Å²) in [5.74, 6) is 0. The lowest BCUT2D eigenvalue weighted by Gasteiger charge is -2.05. The second-order valence-corrected chi connectivity index (χ2v) is 3.62. The molecule has 2 aromatic rings. The van der Waals surface area contributed by atoms with E-state index in [0.717, 1.165) is 10.8 Å². The number of hydrogen-bond donors (Lipinski definition) is 0. The molecule has 0 N–H and O–H groups in total. The van der Waals surface area contributed by atoms with Gasteiger partial charge in [0.2, 0.25) is 0 Å². The Morgan fingerprint density at radius 2 is 1.80 bits per heavy atom. The Kier molecular flexibility index (Phi) is 2.25. The SMILES string of the molecule is N#Cc1cc2ccccc2c([Si])c1C#N. The average Bonchev–Trinajstić information content (AvgIpc) is 2.29. The molecule has 0 saturated heterocycles. The Morgan fingerprint density at radius 3 is 2.47 bits per heavy atom. The number of rotatable bonds is 0. The van der Waals surface area contributed by atoms with Gasteiger partial charge < -0.3 is 0 Å². The summed E-state index contributed by atoms with van der Waals surface area (Å²) in [6.07, 6.45) is 0. The molecule has 0 aliphatic carbocycles. The van der Waals surface area contributed by atoms with Gasteiger partial charge in [-0.05, 0) is 22.0 Å². The molecule has 0 atom stereocenters. The molecule has 0 bridgehead atoms. The molecule has 3 radical (unpaired) electrons. The van der Waals surface area contributed by atoms with Gasteiger partial charge in [0.25, 0.3) is 0 Å². The fourth-order valence-corrected chi connectivity index (χ4v) is 1.97. The van der Waals surface area contributed by atoms with E-state index in [1.807, 2.05) is 36.4 Å². The van der Waals surface area contributed by atoms with Gasteiger partial charge in [0.1, 0.15) is 12.1 Å². The molecule has 0 aliphatic rings. The van der Waals surface area contributed by atoms with Crippen LogP contribution in [0.3, 0.4) is 0 Å². The molecule has 2 aromatic carbocycles. The minimum atomic E-state index is 0.396. The second kappa shape index (κ2) is 3.57. The third-order valence-corrected chi connectivity index (χ3v) is 2.80. The smallest absolute Gasteiger partial charge is 0.101 e. The summed E-state index contributed by atoms with van der Waals surface area (Å²) in [6.45, 7) is 0. The van der Waals surface area contributed by atoms with Gasteiger partial charge in [-0.1, -0.05) is 24.3 Å². The molecule has 3 heteroatoms. The van der Waals surface area contributed by atoms with Crippen LogP contribution < -0.4 is 5.19 Å². The van der Waals surface area contributed by atoms with E-state index in [4.69, 9.17) is 10.5 Å². The average molecular weight is 205 g/mol. The van der Waals surface area contributed by atoms with Crippen molar-refractivity contribution in [3.8, 4) is 12.1 Å². The van der Waals surface area contributed by atoms with Crippen molar-refractivity contribution in [3.63, 3.8) is 0 Å². The Balaban J connectivity index is 2.97. The summed E-state index contributed by atoms with van der Waals surface area (Å²) in [6, 6.07) is 13.4. The number of hydrogen-bond acceptors (Lipinski definition) is 2. The lowest BCUT2D eigenvalue weighted by atomic mass is 10.0. The molecule has 0 aromatic heterocycles. The van der Waals surface area contributed by atoms with Crippen molar-refractivity contribution >= 4 is 26.2 Å². The zero-order valence-electron chi connectivity index (χ0n) is 7.78. The molecule has 0 aliphatic heterocycles. The van der Waals surface area contributed by atoms with Crippen LogP contribution in [-0.2, 0) is 0 Å². The first-order valence-corrected chi connectivity index (χ1v) is 4.85. The Morgan fingerprint density at radius 1 is 1.07 bits per heavy atom. The van der Waals surface area contributed by atoms with Crippen LogP contribution in [0, 0.1) is 22.7 Å². The molecule has 0 saturated carbocycles. The van der Waals surface area contributed by atoms with E-state index in [-0.39, 0.29) is 0 Å². The predicted molar refractivity (Wildman–Crippen MR) is 58.8 cm³/mol. The van der Waals surface area contributed by atoms with Crippen molar-refractivity contribution < 1.29 is 0 Å². The molecular weight excluding hydrogens is 200 g/mol. The maximum absolute atomic E-state index is 8.96. The van der Waals surface area contributed by atoms with Gasteiger partial charge in [0.15, 0.2) is 0 Å². The van der Waals surface area contributed by atoms with Crippen molar-refractivity contribution in [3.05, 3.63) is 41.5 Å². The number of nitriles is 2. The fraction of sp³-hybridized carbons (Fsp3) is 0. The van der Waals surface area contributed by atoms with Gasteiger partial charge in [0.05, 0.1) is 21.4 Å². The maximum atomic E-state index is 8.96. The Bertz CT molecular complexity index is 618.